The van der Waals surface area contributed by atoms with Gasteiger partial charge in [-0.3, -0.25) is 14.4 Å². The highest BCUT2D eigenvalue weighted by atomic mass is 35.5. The van der Waals surface area contributed by atoms with Gasteiger partial charge in [0, 0.05) is 29.5 Å². The van der Waals surface area contributed by atoms with Crippen molar-refractivity contribution in [1.82, 2.24) is 15.1 Å². The minimum Gasteiger partial charge on any atom is -0.336 e. The molecule has 1 saturated heterocycles. The predicted octanol–water partition coefficient (Wildman–Crippen LogP) is 4.07. The summed E-state index contributed by atoms with van der Waals surface area (Å²) < 4.78 is 13.4. The number of rotatable bonds is 5. The van der Waals surface area contributed by atoms with Gasteiger partial charge in [0.2, 0.25) is 15.9 Å². The van der Waals surface area contributed by atoms with Crippen LogP contribution in [0.1, 0.15) is 32.4 Å². The van der Waals surface area contributed by atoms with Crippen LogP contribution in [0.3, 0.4) is 0 Å². The lowest BCUT2D eigenvalue weighted by Gasteiger charge is -2.31. The third-order valence-electron chi connectivity index (χ3n) is 5.06. The second-order valence-corrected chi connectivity index (χ2v) is 8.88. The van der Waals surface area contributed by atoms with Crippen molar-refractivity contribution in [1.29, 1.82) is 0 Å². The Morgan fingerprint density at radius 2 is 1.76 bits per heavy atom. The maximum atomic E-state index is 13.4. The van der Waals surface area contributed by atoms with Crippen molar-refractivity contribution >= 4 is 52.0 Å². The number of hydrogen-bond donors (Lipinski definition) is 2. The van der Waals surface area contributed by atoms with Gasteiger partial charge in [0.1, 0.15) is 5.82 Å². The highest BCUT2D eigenvalue weighted by Crippen LogP contribution is 2.23. The minimum atomic E-state index is -0.500. The second kappa shape index (κ2) is 10.1. The van der Waals surface area contributed by atoms with E-state index in [1.54, 1.807) is 30.3 Å². The molecule has 11 heteroatoms. The summed E-state index contributed by atoms with van der Waals surface area (Å²) in [5, 5.41) is 13.6. The zero-order valence-corrected chi connectivity index (χ0v) is 18.8. The molecule has 0 aliphatic carbocycles. The normalized spacial score (nSPS) is 15.7. The van der Waals surface area contributed by atoms with Crippen LogP contribution in [-0.4, -0.2) is 45.9 Å². The third kappa shape index (κ3) is 5.71. The van der Waals surface area contributed by atoms with Crippen molar-refractivity contribution in [3.63, 3.8) is 0 Å². The van der Waals surface area contributed by atoms with Crippen molar-refractivity contribution in [2.75, 3.05) is 23.7 Å². The summed E-state index contributed by atoms with van der Waals surface area (Å²) in [6.07, 6.45) is 1.24. The summed E-state index contributed by atoms with van der Waals surface area (Å²) in [4.78, 5) is 39.5. The van der Waals surface area contributed by atoms with Gasteiger partial charge in [-0.15, -0.1) is 10.2 Å². The lowest BCUT2D eigenvalue weighted by atomic mass is 9.97. The molecule has 0 spiro atoms. The van der Waals surface area contributed by atoms with Crippen LogP contribution in [-0.2, 0) is 4.79 Å². The Kier molecular flexibility index (Phi) is 6.95. The van der Waals surface area contributed by atoms with Crippen LogP contribution < -0.4 is 10.6 Å². The van der Waals surface area contributed by atoms with Crippen molar-refractivity contribution in [2.45, 2.75) is 12.8 Å². The van der Waals surface area contributed by atoms with Crippen LogP contribution in [0.25, 0.3) is 0 Å². The van der Waals surface area contributed by atoms with E-state index in [1.165, 1.54) is 23.1 Å². The molecule has 0 unspecified atom stereocenters. The van der Waals surface area contributed by atoms with Crippen LogP contribution in [0.15, 0.2) is 48.5 Å². The van der Waals surface area contributed by atoms with Crippen molar-refractivity contribution in [2.24, 2.45) is 5.92 Å². The van der Waals surface area contributed by atoms with Gasteiger partial charge in [0.05, 0.1) is 5.92 Å². The summed E-state index contributed by atoms with van der Waals surface area (Å²) in [6, 6.07) is 12.3. The predicted molar refractivity (Wildman–Crippen MR) is 123 cm³/mol. The number of likely N-dealkylation sites (tertiary alicyclic amines) is 1. The van der Waals surface area contributed by atoms with Crippen molar-refractivity contribution in [3.05, 3.63) is 69.4 Å². The smallest absolute Gasteiger partial charge is 0.286 e. The van der Waals surface area contributed by atoms with Crippen molar-refractivity contribution < 1.29 is 18.8 Å². The lowest BCUT2D eigenvalue weighted by molar-refractivity contribution is -0.121. The van der Waals surface area contributed by atoms with Crippen LogP contribution in [0, 0.1) is 11.7 Å². The van der Waals surface area contributed by atoms with Gasteiger partial charge < -0.3 is 15.5 Å². The minimum absolute atomic E-state index is 0.0377. The molecule has 1 fully saturated rings. The first-order valence-electron chi connectivity index (χ1n) is 10.1. The number of hydrogen-bond acceptors (Lipinski definition) is 6. The monoisotopic (exact) mass is 487 g/mol. The quantitative estimate of drug-likeness (QED) is 0.564. The lowest BCUT2D eigenvalue weighted by Crippen LogP contribution is -2.43. The summed E-state index contributed by atoms with van der Waals surface area (Å²) in [6.45, 7) is 0.663. The number of halogens is 2. The van der Waals surface area contributed by atoms with E-state index in [4.69, 9.17) is 11.6 Å². The molecule has 2 heterocycles. The van der Waals surface area contributed by atoms with E-state index in [0.717, 1.165) is 11.3 Å². The number of aromatic nitrogens is 2. The Hall–Kier alpha value is -3.37. The number of piperidine rings is 1. The van der Waals surface area contributed by atoms with Gasteiger partial charge in [-0.25, -0.2) is 4.39 Å². The van der Waals surface area contributed by atoms with Crippen LogP contribution in [0.2, 0.25) is 5.02 Å². The van der Waals surface area contributed by atoms with Gasteiger partial charge in [-0.05, 0) is 49.2 Å². The molecule has 1 aliphatic heterocycles. The van der Waals surface area contributed by atoms with E-state index in [-0.39, 0.29) is 22.5 Å². The third-order valence-corrected chi connectivity index (χ3v) is 6.20. The maximum absolute atomic E-state index is 13.4. The molecule has 1 aliphatic rings. The standard InChI is InChI=1S/C22H19ClFN5O3S/c23-14-5-1-7-16(10-14)26-19(31)20-27-28-21(33-20)22(32)29-9-3-4-13(12-29)18(30)25-17-8-2-6-15(24)11-17/h1-2,5-8,10-11,13H,3-4,9,12H2,(H,25,30)(H,26,31)/t13-/m1/s1. The average Bonchev–Trinajstić information content (AvgIpc) is 3.29. The van der Waals surface area contributed by atoms with E-state index in [1.807, 2.05) is 0 Å². The fourth-order valence-corrected chi connectivity index (χ4v) is 4.37. The summed E-state index contributed by atoms with van der Waals surface area (Å²) in [5.41, 5.74) is 0.863. The molecule has 3 aromatic rings. The molecule has 2 aromatic carbocycles. The van der Waals surface area contributed by atoms with Crippen LogP contribution >= 0.6 is 22.9 Å². The van der Waals surface area contributed by atoms with Gasteiger partial charge in [-0.1, -0.05) is 35.1 Å². The molecule has 2 N–H and O–H groups in total. The highest BCUT2D eigenvalue weighted by molar-refractivity contribution is 7.15. The van der Waals surface area contributed by atoms with Gasteiger partial charge >= 0.3 is 0 Å². The molecular formula is C22H19ClFN5O3S. The number of nitrogens with zero attached hydrogens (tertiary/aromatic N) is 3. The first kappa shape index (κ1) is 22.8. The van der Waals surface area contributed by atoms with E-state index in [9.17, 15) is 18.8 Å². The van der Waals surface area contributed by atoms with E-state index < -0.39 is 23.5 Å². The number of amides is 3. The van der Waals surface area contributed by atoms with E-state index in [0.29, 0.717) is 35.8 Å². The molecular weight excluding hydrogens is 469 g/mol. The van der Waals surface area contributed by atoms with Crippen molar-refractivity contribution in [3.8, 4) is 0 Å². The van der Waals surface area contributed by atoms with Crippen LogP contribution in [0.5, 0.6) is 0 Å². The fraction of sp³-hybridized carbons (Fsp3) is 0.227. The number of benzene rings is 2. The zero-order chi connectivity index (χ0) is 23.4. The molecule has 1 atom stereocenters. The average molecular weight is 488 g/mol. The molecule has 33 heavy (non-hydrogen) atoms. The maximum Gasteiger partial charge on any atom is 0.286 e. The molecule has 0 radical (unpaired) electrons. The molecule has 0 saturated carbocycles. The summed E-state index contributed by atoms with van der Waals surface area (Å²) >= 11 is 6.80. The van der Waals surface area contributed by atoms with E-state index in [2.05, 4.69) is 20.8 Å². The Morgan fingerprint density at radius 1 is 1.03 bits per heavy atom. The first-order valence-corrected chi connectivity index (χ1v) is 11.3. The molecule has 170 valence electrons. The van der Waals surface area contributed by atoms with Gasteiger partial charge in [-0.2, -0.15) is 0 Å². The van der Waals surface area contributed by atoms with Gasteiger partial charge in [0.15, 0.2) is 0 Å². The number of anilines is 2. The number of carbonyl (C=O) groups excluding carboxylic acids is 3. The Bertz CT molecular complexity index is 1200. The number of carbonyl (C=O) groups is 3. The Balaban J connectivity index is 1.38. The summed E-state index contributed by atoms with van der Waals surface area (Å²) in [7, 11) is 0. The number of nitrogens with one attached hydrogen (secondary N) is 2. The SMILES string of the molecule is O=C(Nc1cccc(Cl)c1)c1nnc(C(=O)N2CCC[C@@H](C(=O)Nc3cccc(F)c3)C2)s1. The molecule has 3 amide bonds. The fourth-order valence-electron chi connectivity index (χ4n) is 3.47. The van der Waals surface area contributed by atoms with Gasteiger partial charge in [0.25, 0.3) is 11.8 Å². The van der Waals surface area contributed by atoms with E-state index >= 15 is 0 Å². The highest BCUT2D eigenvalue weighted by Gasteiger charge is 2.31. The molecule has 0 bridgehead atoms. The molecule has 8 nitrogen and oxygen atoms in total. The Morgan fingerprint density at radius 3 is 2.52 bits per heavy atom. The Labute approximate surface area is 197 Å². The topological polar surface area (TPSA) is 104 Å². The first-order chi connectivity index (χ1) is 15.9. The van der Waals surface area contributed by atoms with Crippen LogP contribution in [0.4, 0.5) is 15.8 Å². The molecule has 1 aromatic heterocycles. The zero-order valence-electron chi connectivity index (χ0n) is 17.3. The molecule has 4 rings (SSSR count). The second-order valence-electron chi connectivity index (χ2n) is 7.47. The summed E-state index contributed by atoms with van der Waals surface area (Å²) in [5.74, 6) is -2.06. The largest absolute Gasteiger partial charge is 0.336 e.